The van der Waals surface area contributed by atoms with Crippen LogP contribution in [0.3, 0.4) is 0 Å². The summed E-state index contributed by atoms with van der Waals surface area (Å²) in [6.45, 7) is 2.95. The van der Waals surface area contributed by atoms with Crippen LogP contribution < -0.4 is 0 Å². The molecule has 4 heteroatoms. The molecule has 0 saturated heterocycles. The fraction of sp³-hybridized carbons (Fsp3) is 0.130. The van der Waals surface area contributed by atoms with Crippen molar-refractivity contribution in [3.63, 3.8) is 0 Å². The van der Waals surface area contributed by atoms with E-state index in [1.54, 1.807) is 0 Å². The zero-order valence-electron chi connectivity index (χ0n) is 15.1. The van der Waals surface area contributed by atoms with Gasteiger partial charge in [0, 0.05) is 5.92 Å². The second-order valence-corrected chi connectivity index (χ2v) is 8.95. The molecule has 0 N–H and O–H groups in total. The maximum atomic E-state index is 4.89. The summed E-state index contributed by atoms with van der Waals surface area (Å²) in [5, 5.41) is 4.77. The number of fused-ring (bicyclic) bond motifs is 1. The molecule has 0 aliphatic heterocycles. The molecular formula is C23H20Cl2NTi-. The summed E-state index contributed by atoms with van der Waals surface area (Å²) in [5.74, 6) is 0.350. The molecule has 0 fully saturated rings. The topological polar surface area (TPSA) is 14.1 Å². The SMILES string of the molecule is CC1=Cc2ccccc2C1c1ccccc1C[N-]c1ccccc1.[Cl][Ti][Cl]. The van der Waals surface area contributed by atoms with Gasteiger partial charge in [-0.15, -0.1) is 12.2 Å². The molecule has 1 aliphatic rings. The van der Waals surface area contributed by atoms with Crippen LogP contribution in [0.15, 0.2) is 84.4 Å². The van der Waals surface area contributed by atoms with Gasteiger partial charge in [-0.3, -0.25) is 0 Å². The van der Waals surface area contributed by atoms with Gasteiger partial charge in [0.15, 0.2) is 0 Å². The third kappa shape index (κ3) is 5.06. The molecule has 1 nitrogen and oxygen atoms in total. The second-order valence-electron chi connectivity index (χ2n) is 6.37. The van der Waals surface area contributed by atoms with E-state index in [1.165, 1.54) is 27.8 Å². The molecule has 136 valence electrons. The molecule has 0 heterocycles. The average Bonchev–Trinajstić information content (AvgIpc) is 3.03. The second kappa shape index (κ2) is 10.2. The van der Waals surface area contributed by atoms with Gasteiger partial charge in [-0.25, -0.2) is 0 Å². The van der Waals surface area contributed by atoms with E-state index < -0.39 is 17.0 Å². The molecule has 3 aromatic rings. The molecule has 0 bridgehead atoms. The minimum atomic E-state index is -0.556. The fourth-order valence-electron chi connectivity index (χ4n) is 3.56. The molecule has 0 amide bonds. The molecule has 0 aromatic heterocycles. The molecule has 1 aliphatic carbocycles. The Morgan fingerprint density at radius 2 is 1.41 bits per heavy atom. The van der Waals surface area contributed by atoms with Crippen LogP contribution in [0, 0.1) is 0 Å². The number of rotatable bonds is 4. The Labute approximate surface area is 178 Å². The summed E-state index contributed by atoms with van der Waals surface area (Å²) in [6, 6.07) is 27.6. The van der Waals surface area contributed by atoms with E-state index >= 15 is 0 Å². The normalized spacial score (nSPS) is 14.5. The maximum absolute atomic E-state index is 4.89. The van der Waals surface area contributed by atoms with Gasteiger partial charge in [0.1, 0.15) is 0 Å². The van der Waals surface area contributed by atoms with Crippen molar-refractivity contribution in [2.75, 3.05) is 0 Å². The number of hydrogen-bond acceptors (Lipinski definition) is 0. The van der Waals surface area contributed by atoms with Crippen molar-refractivity contribution >= 4 is 30.4 Å². The first-order valence-corrected chi connectivity index (χ1v) is 13.1. The summed E-state index contributed by atoms with van der Waals surface area (Å²) in [6.07, 6.45) is 2.31. The molecule has 1 atom stereocenters. The molecule has 1 unspecified atom stereocenters. The Balaban J connectivity index is 0.000000659. The van der Waals surface area contributed by atoms with Crippen LogP contribution >= 0.6 is 18.6 Å². The summed E-state index contributed by atoms with van der Waals surface area (Å²) < 4.78 is 0. The molecule has 4 rings (SSSR count). The Bertz CT molecular complexity index is 909. The summed E-state index contributed by atoms with van der Waals surface area (Å²) in [7, 11) is 9.78. The van der Waals surface area contributed by atoms with E-state index in [4.69, 9.17) is 23.9 Å². The fourth-order valence-corrected chi connectivity index (χ4v) is 3.56. The van der Waals surface area contributed by atoms with Crippen LogP contribution in [0.5, 0.6) is 0 Å². The van der Waals surface area contributed by atoms with Gasteiger partial charge in [0.2, 0.25) is 0 Å². The zero-order valence-corrected chi connectivity index (χ0v) is 18.1. The molecule has 27 heavy (non-hydrogen) atoms. The zero-order chi connectivity index (χ0) is 19.1. The third-order valence-corrected chi connectivity index (χ3v) is 4.70. The van der Waals surface area contributed by atoms with E-state index in [-0.39, 0.29) is 0 Å². The first-order valence-electron chi connectivity index (χ1n) is 8.78. The van der Waals surface area contributed by atoms with Gasteiger partial charge < -0.3 is 5.32 Å². The van der Waals surface area contributed by atoms with Gasteiger partial charge in [0.25, 0.3) is 0 Å². The van der Waals surface area contributed by atoms with Crippen LogP contribution in [0.4, 0.5) is 5.69 Å². The Kier molecular flexibility index (Phi) is 7.61. The van der Waals surface area contributed by atoms with E-state index in [2.05, 4.69) is 73.7 Å². The molecule has 3 aromatic carbocycles. The standard InChI is InChI=1S/C23H20N.2ClH.Ti/c1-17-15-18-9-5-7-13-21(18)23(17)22-14-8-6-10-19(22)16-24-20-11-3-2-4-12-20;;;/h2-15,23H,16H2,1H3;2*1H;/q-1;;;+2/p-2. The van der Waals surface area contributed by atoms with Crippen LogP contribution in [0.25, 0.3) is 11.4 Å². The van der Waals surface area contributed by atoms with Crippen molar-refractivity contribution in [1.82, 2.24) is 0 Å². The average molecular weight is 429 g/mol. The van der Waals surface area contributed by atoms with E-state index in [1.807, 2.05) is 18.2 Å². The van der Waals surface area contributed by atoms with Gasteiger partial charge in [-0.05, 0) is 23.6 Å². The van der Waals surface area contributed by atoms with E-state index in [0.717, 1.165) is 5.69 Å². The third-order valence-electron chi connectivity index (χ3n) is 4.70. The quantitative estimate of drug-likeness (QED) is 0.376. The van der Waals surface area contributed by atoms with Crippen molar-refractivity contribution in [3.8, 4) is 0 Å². The molecule has 0 saturated carbocycles. The van der Waals surface area contributed by atoms with Crippen molar-refractivity contribution in [1.29, 1.82) is 0 Å². The number of benzene rings is 3. The first-order chi connectivity index (χ1) is 13.2. The van der Waals surface area contributed by atoms with Gasteiger partial charge in [-0.2, -0.15) is 0 Å². The monoisotopic (exact) mass is 428 g/mol. The molecular weight excluding hydrogens is 409 g/mol. The number of allylic oxidation sites excluding steroid dienone is 1. The Hall–Kier alpha value is -1.51. The van der Waals surface area contributed by atoms with E-state index in [0.29, 0.717) is 12.5 Å². The number of nitrogens with zero attached hydrogens (tertiary/aromatic N) is 1. The predicted octanol–water partition coefficient (Wildman–Crippen LogP) is 7.82. The Morgan fingerprint density at radius 1 is 0.815 bits per heavy atom. The molecule has 0 radical (unpaired) electrons. The van der Waals surface area contributed by atoms with Crippen molar-refractivity contribution in [3.05, 3.63) is 112 Å². The Morgan fingerprint density at radius 3 is 2.15 bits per heavy atom. The minimum absolute atomic E-state index is 0.350. The first kappa shape index (κ1) is 20.2. The van der Waals surface area contributed by atoms with Crippen LogP contribution in [-0.4, -0.2) is 0 Å². The van der Waals surface area contributed by atoms with Crippen molar-refractivity contribution in [2.45, 2.75) is 19.4 Å². The van der Waals surface area contributed by atoms with Gasteiger partial charge in [-0.1, -0.05) is 96.1 Å². The van der Waals surface area contributed by atoms with Crippen molar-refractivity contribution in [2.24, 2.45) is 0 Å². The summed E-state index contributed by atoms with van der Waals surface area (Å²) >= 11 is -0.556. The number of para-hydroxylation sites is 1. The predicted molar refractivity (Wildman–Crippen MR) is 113 cm³/mol. The summed E-state index contributed by atoms with van der Waals surface area (Å²) in [5.41, 5.74) is 7.86. The van der Waals surface area contributed by atoms with Gasteiger partial charge in [0.05, 0.1) is 0 Å². The van der Waals surface area contributed by atoms with Crippen LogP contribution in [0.2, 0.25) is 0 Å². The number of halogens is 2. The number of hydrogen-bond donors (Lipinski definition) is 0. The van der Waals surface area contributed by atoms with Gasteiger partial charge >= 0.3 is 35.6 Å². The summed E-state index contributed by atoms with van der Waals surface area (Å²) in [4.78, 5) is 0. The van der Waals surface area contributed by atoms with Crippen molar-refractivity contribution < 1.29 is 17.0 Å². The van der Waals surface area contributed by atoms with E-state index in [9.17, 15) is 0 Å². The van der Waals surface area contributed by atoms with Crippen LogP contribution in [-0.2, 0) is 23.6 Å². The van der Waals surface area contributed by atoms with Crippen LogP contribution in [0.1, 0.15) is 35.1 Å². The molecule has 0 spiro atoms.